The maximum Gasteiger partial charge on any atom is 0.0992 e. The number of ether oxygens (including phenoxy) is 1. The van der Waals surface area contributed by atoms with Crippen molar-refractivity contribution >= 4 is 37.5 Å². The van der Waals surface area contributed by atoms with Crippen LogP contribution in [0.15, 0.2) is 36.4 Å². The molecule has 1 nitrogen and oxygen atoms in total. The first-order valence-electron chi connectivity index (χ1n) is 5.95. The molecule has 1 aliphatic rings. The third-order valence-corrected chi connectivity index (χ3v) is 2.90. The van der Waals surface area contributed by atoms with Crippen LogP contribution in [0.3, 0.4) is 0 Å². The molecular weight excluding hydrogens is 215 g/mol. The maximum absolute atomic E-state index is 5.77. The molecule has 0 aliphatic carbocycles. The average Bonchev–Trinajstić information content (AvgIpc) is 2.24. The highest BCUT2D eigenvalue weighted by Gasteiger charge is 2.36. The van der Waals surface area contributed by atoms with Crippen LogP contribution < -0.4 is 0 Å². The van der Waals surface area contributed by atoms with Crippen molar-refractivity contribution in [2.24, 2.45) is 5.92 Å². The Hall–Kier alpha value is -0.820. The van der Waals surface area contributed by atoms with Crippen LogP contribution in [0.2, 0.25) is 0 Å². The Morgan fingerprint density at radius 2 is 1.56 bits per heavy atom. The van der Waals surface area contributed by atoms with E-state index in [-0.39, 0.29) is 5.92 Å². The van der Waals surface area contributed by atoms with Crippen LogP contribution in [0, 0.1) is 5.92 Å². The topological polar surface area (TPSA) is 9.23 Å². The predicted octanol–water partition coefficient (Wildman–Crippen LogP) is 1.11. The molecule has 0 N–H and O–H groups in total. The van der Waals surface area contributed by atoms with E-state index in [2.05, 4.69) is 0 Å². The highest BCUT2D eigenvalue weighted by molar-refractivity contribution is 6.42. The van der Waals surface area contributed by atoms with Gasteiger partial charge in [0, 0.05) is 0 Å². The molecule has 0 aromatic heterocycles. The summed E-state index contributed by atoms with van der Waals surface area (Å²) in [5.41, 5.74) is 1.11. The van der Waals surface area contributed by atoms with Crippen LogP contribution >= 0.6 is 0 Å². The van der Waals surface area contributed by atoms with Crippen LogP contribution in [0.4, 0.5) is 0 Å². The van der Waals surface area contributed by atoms with Gasteiger partial charge in [-0.2, -0.15) is 0 Å². The van der Waals surface area contributed by atoms with Crippen molar-refractivity contribution in [3.05, 3.63) is 42.0 Å². The van der Waals surface area contributed by atoms with Gasteiger partial charge in [0.2, 0.25) is 0 Å². The van der Waals surface area contributed by atoms with E-state index in [4.69, 9.17) is 36.1 Å². The van der Waals surface area contributed by atoms with Crippen molar-refractivity contribution in [3.63, 3.8) is 0 Å². The Morgan fingerprint density at radius 1 is 1.00 bits per heavy atom. The first-order valence-corrected chi connectivity index (χ1v) is 5.95. The van der Waals surface area contributed by atoms with Crippen molar-refractivity contribution < 1.29 is 4.74 Å². The van der Waals surface area contributed by atoms with Gasteiger partial charge in [0.05, 0.1) is 31.4 Å². The smallest absolute Gasteiger partial charge is 0.0992 e. The summed E-state index contributed by atoms with van der Waals surface area (Å²) in [6.45, 7) is 0. The molecule has 0 atom stereocenters. The molecule has 0 bridgehead atoms. The summed E-state index contributed by atoms with van der Waals surface area (Å²) in [6, 6.07) is 9.98. The molecule has 0 unspecified atom stereocenters. The average molecular weight is 227 g/mol. The van der Waals surface area contributed by atoms with E-state index in [1.54, 1.807) is 0 Å². The number of allylic oxidation sites excluding steroid dienone is 1. The SMILES string of the molecule is [B]C1([B])CC(/C=C/c2ccccc2)CC([B])([B])O1. The fraction of sp³-hybridized carbons (Fsp3) is 0.385. The maximum atomic E-state index is 5.77. The second-order valence-corrected chi connectivity index (χ2v) is 4.95. The highest BCUT2D eigenvalue weighted by atomic mass is 16.5. The Morgan fingerprint density at radius 3 is 2.11 bits per heavy atom. The van der Waals surface area contributed by atoms with Gasteiger partial charge >= 0.3 is 0 Å². The molecule has 1 fully saturated rings. The van der Waals surface area contributed by atoms with Gasteiger partial charge in [0.25, 0.3) is 0 Å². The third-order valence-electron chi connectivity index (χ3n) is 2.90. The molecule has 0 spiro atoms. The van der Waals surface area contributed by atoms with E-state index in [0.717, 1.165) is 5.56 Å². The lowest BCUT2D eigenvalue weighted by Gasteiger charge is -2.46. The second kappa shape index (κ2) is 5.05. The minimum absolute atomic E-state index is 0.101. The number of rotatable bonds is 2. The van der Waals surface area contributed by atoms with Crippen LogP contribution in [0.25, 0.3) is 6.08 Å². The lowest BCUT2D eigenvalue weighted by Crippen LogP contribution is -2.53. The Balaban J connectivity index is 2.07. The molecule has 1 aromatic carbocycles. The lowest BCUT2D eigenvalue weighted by molar-refractivity contribution is -0.0285. The number of benzene rings is 1. The summed E-state index contributed by atoms with van der Waals surface area (Å²) >= 11 is 0. The van der Waals surface area contributed by atoms with E-state index in [1.807, 2.05) is 42.5 Å². The van der Waals surface area contributed by atoms with Crippen LogP contribution in [0.1, 0.15) is 18.4 Å². The first kappa shape index (κ1) is 13.6. The number of hydrogen-bond donors (Lipinski definition) is 0. The van der Waals surface area contributed by atoms with Gasteiger partial charge in [-0.05, 0) is 35.1 Å². The Kier molecular flexibility index (Phi) is 3.82. The Bertz CT molecular complexity index is 412. The molecule has 1 saturated heterocycles. The van der Waals surface area contributed by atoms with E-state index in [1.165, 1.54) is 0 Å². The van der Waals surface area contributed by atoms with Crippen molar-refractivity contribution in [1.82, 2.24) is 0 Å². The standard InChI is InChI=1S/C13H12B4O/c14-12(15)8-11(9-13(16,17)18-12)7-6-10-4-2-1-3-5-10/h1-7,11H,8-9H2/b7-6+. The fourth-order valence-corrected chi connectivity index (χ4v) is 2.28. The zero-order valence-corrected chi connectivity index (χ0v) is 10.3. The molecule has 82 valence electrons. The summed E-state index contributed by atoms with van der Waals surface area (Å²) in [5, 5.41) is -2.54. The molecule has 0 saturated carbocycles. The van der Waals surface area contributed by atoms with Gasteiger partial charge in [-0.3, -0.25) is 0 Å². The largest absolute Gasteiger partial charge is 0.407 e. The van der Waals surface area contributed by atoms with E-state index < -0.39 is 10.8 Å². The van der Waals surface area contributed by atoms with E-state index in [9.17, 15) is 0 Å². The summed E-state index contributed by atoms with van der Waals surface area (Å²) < 4.78 is 5.22. The van der Waals surface area contributed by atoms with Gasteiger partial charge < -0.3 is 4.74 Å². The number of hydrogen-bond acceptors (Lipinski definition) is 1. The van der Waals surface area contributed by atoms with Gasteiger partial charge in [0.1, 0.15) is 0 Å². The van der Waals surface area contributed by atoms with Gasteiger partial charge in [-0.15, -0.1) is 0 Å². The molecule has 8 radical (unpaired) electrons. The molecule has 1 aliphatic heterocycles. The third kappa shape index (κ3) is 3.84. The summed E-state index contributed by atoms with van der Waals surface area (Å²) in [4.78, 5) is 0. The van der Waals surface area contributed by atoms with Crippen LogP contribution in [0.5, 0.6) is 0 Å². The second-order valence-electron chi connectivity index (χ2n) is 4.95. The zero-order chi connectivity index (χ0) is 13.2. The zero-order valence-electron chi connectivity index (χ0n) is 10.3. The van der Waals surface area contributed by atoms with Gasteiger partial charge in [-0.1, -0.05) is 42.5 Å². The molecule has 1 heterocycles. The van der Waals surface area contributed by atoms with E-state index >= 15 is 0 Å². The molecule has 0 amide bonds. The Labute approximate surface area is 114 Å². The predicted molar refractivity (Wildman–Crippen MR) is 77.8 cm³/mol. The van der Waals surface area contributed by atoms with Crippen molar-refractivity contribution in [2.45, 2.75) is 23.6 Å². The van der Waals surface area contributed by atoms with E-state index in [0.29, 0.717) is 12.8 Å². The molecular formula is C13H12B4O. The normalized spacial score (nSPS) is 23.1. The van der Waals surface area contributed by atoms with Crippen molar-refractivity contribution in [2.75, 3.05) is 0 Å². The quantitative estimate of drug-likeness (QED) is 0.688. The minimum atomic E-state index is -1.27. The minimum Gasteiger partial charge on any atom is -0.407 e. The van der Waals surface area contributed by atoms with Crippen molar-refractivity contribution in [1.29, 1.82) is 0 Å². The molecule has 18 heavy (non-hydrogen) atoms. The monoisotopic (exact) mass is 228 g/mol. The van der Waals surface area contributed by atoms with Gasteiger partial charge in [-0.25, -0.2) is 0 Å². The first-order chi connectivity index (χ1) is 8.36. The molecule has 5 heteroatoms. The molecule has 2 rings (SSSR count). The lowest BCUT2D eigenvalue weighted by atomic mass is 9.51. The molecule has 1 aromatic rings. The van der Waals surface area contributed by atoms with Crippen molar-refractivity contribution in [3.8, 4) is 0 Å². The van der Waals surface area contributed by atoms with Gasteiger partial charge in [0.15, 0.2) is 0 Å². The van der Waals surface area contributed by atoms with Crippen LogP contribution in [-0.2, 0) is 4.74 Å². The van der Waals surface area contributed by atoms with Crippen LogP contribution in [-0.4, -0.2) is 42.2 Å². The fourth-order valence-electron chi connectivity index (χ4n) is 2.28. The highest BCUT2D eigenvalue weighted by Crippen LogP contribution is 2.33. The summed E-state index contributed by atoms with van der Waals surface area (Å²) in [6.07, 6.45) is 5.03. The summed E-state index contributed by atoms with van der Waals surface area (Å²) in [5.74, 6) is 0.101. The summed E-state index contributed by atoms with van der Waals surface area (Å²) in [7, 11) is 23.1.